The van der Waals surface area contributed by atoms with Crippen molar-refractivity contribution in [2.75, 3.05) is 24.6 Å². The van der Waals surface area contributed by atoms with Crippen LogP contribution in [0.2, 0.25) is 0 Å². The minimum atomic E-state index is -0.371. The summed E-state index contributed by atoms with van der Waals surface area (Å²) in [5.74, 6) is 0.393. The maximum absolute atomic E-state index is 11.9. The van der Waals surface area contributed by atoms with Crippen molar-refractivity contribution in [3.05, 3.63) is 53.1 Å². The Hall–Kier alpha value is -3.02. The van der Waals surface area contributed by atoms with Gasteiger partial charge in [-0.2, -0.15) is 5.10 Å². The maximum Gasteiger partial charge on any atom is 0.277 e. The lowest BCUT2D eigenvalue weighted by Gasteiger charge is -2.21. The number of carbonyl (C=O) groups is 1. The van der Waals surface area contributed by atoms with Crippen LogP contribution >= 0.6 is 0 Å². The number of hydrogen-bond donors (Lipinski definition) is 2. The molecule has 0 aliphatic rings. The molecule has 6 heteroatoms. The van der Waals surface area contributed by atoms with Gasteiger partial charge in [0.2, 0.25) is 0 Å². The first-order chi connectivity index (χ1) is 12.9. The van der Waals surface area contributed by atoms with Crippen molar-refractivity contribution in [1.29, 1.82) is 0 Å². The van der Waals surface area contributed by atoms with Crippen molar-refractivity contribution in [2.45, 2.75) is 27.7 Å². The summed E-state index contributed by atoms with van der Waals surface area (Å²) < 4.78 is 5.48. The van der Waals surface area contributed by atoms with Crippen LogP contribution in [0, 0.1) is 13.8 Å². The van der Waals surface area contributed by atoms with E-state index in [-0.39, 0.29) is 18.3 Å². The number of phenolic OH excluding ortho intramolecular Hbond substituents is 1. The summed E-state index contributed by atoms with van der Waals surface area (Å²) in [7, 11) is 0. The van der Waals surface area contributed by atoms with E-state index in [0.717, 1.165) is 29.9 Å². The number of hydrogen-bond acceptors (Lipinski definition) is 5. The molecule has 0 atom stereocenters. The van der Waals surface area contributed by atoms with Crippen LogP contribution < -0.4 is 15.1 Å². The predicted octanol–water partition coefficient (Wildman–Crippen LogP) is 3.38. The van der Waals surface area contributed by atoms with E-state index in [4.69, 9.17) is 4.74 Å². The summed E-state index contributed by atoms with van der Waals surface area (Å²) in [5, 5.41) is 14.0. The fourth-order valence-corrected chi connectivity index (χ4v) is 2.80. The van der Waals surface area contributed by atoms with Gasteiger partial charge in [0.25, 0.3) is 5.91 Å². The molecule has 1 amide bonds. The summed E-state index contributed by atoms with van der Waals surface area (Å²) in [6.45, 7) is 9.66. The Morgan fingerprint density at radius 3 is 2.41 bits per heavy atom. The first kappa shape index (κ1) is 20.3. The molecule has 0 bridgehead atoms. The molecular formula is C21H27N3O3. The fraction of sp³-hybridized carbons (Fsp3) is 0.333. The van der Waals surface area contributed by atoms with Crippen LogP contribution in [-0.2, 0) is 4.79 Å². The van der Waals surface area contributed by atoms with Gasteiger partial charge in [0.1, 0.15) is 11.5 Å². The van der Waals surface area contributed by atoms with Gasteiger partial charge in [0, 0.05) is 30.4 Å². The summed E-state index contributed by atoms with van der Waals surface area (Å²) >= 11 is 0. The molecule has 27 heavy (non-hydrogen) atoms. The van der Waals surface area contributed by atoms with Gasteiger partial charge in [-0.05, 0) is 63.1 Å². The molecule has 0 heterocycles. The number of phenols is 1. The van der Waals surface area contributed by atoms with Crippen molar-refractivity contribution in [1.82, 2.24) is 5.43 Å². The highest BCUT2D eigenvalue weighted by atomic mass is 16.5. The first-order valence-electron chi connectivity index (χ1n) is 9.03. The second-order valence-corrected chi connectivity index (χ2v) is 6.32. The molecule has 0 spiro atoms. The highest BCUT2D eigenvalue weighted by Crippen LogP contribution is 2.23. The molecule has 2 N–H and O–H groups in total. The lowest BCUT2D eigenvalue weighted by atomic mass is 10.1. The van der Waals surface area contributed by atoms with Crippen molar-refractivity contribution in [3.8, 4) is 11.5 Å². The second-order valence-electron chi connectivity index (χ2n) is 6.32. The van der Waals surface area contributed by atoms with E-state index in [1.54, 1.807) is 12.1 Å². The van der Waals surface area contributed by atoms with E-state index in [9.17, 15) is 9.90 Å². The summed E-state index contributed by atoms with van der Waals surface area (Å²) in [6.07, 6.45) is 1.41. The monoisotopic (exact) mass is 369 g/mol. The third-order valence-corrected chi connectivity index (χ3v) is 4.10. The number of rotatable bonds is 8. The summed E-state index contributed by atoms with van der Waals surface area (Å²) in [4.78, 5) is 14.0. The van der Waals surface area contributed by atoms with E-state index in [0.29, 0.717) is 11.3 Å². The molecule has 0 saturated carbocycles. The molecule has 144 valence electrons. The fourth-order valence-electron chi connectivity index (χ4n) is 2.80. The Bertz CT molecular complexity index is 794. The van der Waals surface area contributed by atoms with E-state index in [1.807, 2.05) is 38.1 Å². The van der Waals surface area contributed by atoms with Crippen molar-refractivity contribution in [3.63, 3.8) is 0 Å². The molecule has 0 fully saturated rings. The number of nitrogens with one attached hydrogen (secondary N) is 1. The van der Waals surface area contributed by atoms with E-state index >= 15 is 0 Å². The van der Waals surface area contributed by atoms with Gasteiger partial charge in [0.05, 0.1) is 6.21 Å². The molecule has 0 aromatic heterocycles. The molecule has 0 unspecified atom stereocenters. The van der Waals surface area contributed by atoms with Gasteiger partial charge in [-0.15, -0.1) is 0 Å². The Morgan fingerprint density at radius 1 is 1.15 bits per heavy atom. The van der Waals surface area contributed by atoms with Crippen molar-refractivity contribution >= 4 is 17.8 Å². The van der Waals surface area contributed by atoms with E-state index in [1.165, 1.54) is 6.21 Å². The Morgan fingerprint density at radius 2 is 1.81 bits per heavy atom. The number of hydrazone groups is 1. The number of aryl methyl sites for hydroxylation is 2. The summed E-state index contributed by atoms with van der Waals surface area (Å²) in [6, 6.07) is 11.2. The highest BCUT2D eigenvalue weighted by molar-refractivity contribution is 5.86. The molecule has 2 aromatic rings. The Balaban J connectivity index is 1.89. The van der Waals surface area contributed by atoms with Crippen LogP contribution in [0.4, 0.5) is 5.69 Å². The topological polar surface area (TPSA) is 74.2 Å². The number of benzene rings is 2. The highest BCUT2D eigenvalue weighted by Gasteiger charge is 2.06. The van der Waals surface area contributed by atoms with Gasteiger partial charge in [0.15, 0.2) is 6.61 Å². The largest absolute Gasteiger partial charge is 0.507 e. The smallest absolute Gasteiger partial charge is 0.277 e. The molecule has 0 saturated heterocycles. The van der Waals surface area contributed by atoms with Crippen LogP contribution in [0.15, 0.2) is 41.5 Å². The van der Waals surface area contributed by atoms with E-state index < -0.39 is 0 Å². The minimum Gasteiger partial charge on any atom is -0.507 e. The average molecular weight is 369 g/mol. The number of nitrogens with zero attached hydrogens (tertiary/aromatic N) is 2. The van der Waals surface area contributed by atoms with Gasteiger partial charge >= 0.3 is 0 Å². The van der Waals surface area contributed by atoms with Crippen LogP contribution in [0.25, 0.3) is 0 Å². The quantitative estimate of drug-likeness (QED) is 0.553. The van der Waals surface area contributed by atoms with Gasteiger partial charge in [-0.25, -0.2) is 5.43 Å². The molecule has 2 aromatic carbocycles. The maximum atomic E-state index is 11.9. The molecule has 0 aliphatic heterocycles. The number of anilines is 1. The zero-order valence-electron chi connectivity index (χ0n) is 16.3. The van der Waals surface area contributed by atoms with E-state index in [2.05, 4.69) is 29.3 Å². The number of aromatic hydroxyl groups is 1. The Labute approximate surface area is 160 Å². The summed E-state index contributed by atoms with van der Waals surface area (Å²) in [5.41, 5.74) is 6.03. The zero-order chi connectivity index (χ0) is 19.8. The standard InChI is InChI=1S/C21H27N3O3/c1-5-24(6-2)18-8-7-17(20(25)12-18)13-22-23-21(26)14-27-19-10-15(3)9-16(4)11-19/h7-13,25H,5-6,14H2,1-4H3,(H,23,26)/b22-13+. The molecule has 0 aliphatic carbocycles. The molecular weight excluding hydrogens is 342 g/mol. The van der Waals surface area contributed by atoms with Gasteiger partial charge < -0.3 is 14.7 Å². The number of carbonyl (C=O) groups excluding carboxylic acids is 1. The minimum absolute atomic E-state index is 0.115. The number of ether oxygens (including phenoxy) is 1. The van der Waals surface area contributed by atoms with Crippen LogP contribution in [0.1, 0.15) is 30.5 Å². The van der Waals surface area contributed by atoms with Crippen LogP contribution in [-0.4, -0.2) is 36.9 Å². The first-order valence-corrected chi connectivity index (χ1v) is 9.03. The third kappa shape index (κ3) is 6.02. The lowest BCUT2D eigenvalue weighted by molar-refractivity contribution is -0.123. The Kier molecular flexibility index (Phi) is 7.23. The third-order valence-electron chi connectivity index (χ3n) is 4.10. The lowest BCUT2D eigenvalue weighted by Crippen LogP contribution is -2.24. The second kappa shape index (κ2) is 9.62. The van der Waals surface area contributed by atoms with Crippen LogP contribution in [0.5, 0.6) is 11.5 Å². The number of amides is 1. The molecule has 0 radical (unpaired) electrons. The normalized spacial score (nSPS) is 10.8. The average Bonchev–Trinajstić information content (AvgIpc) is 2.62. The van der Waals surface area contributed by atoms with Crippen molar-refractivity contribution in [2.24, 2.45) is 5.10 Å². The zero-order valence-corrected chi connectivity index (χ0v) is 16.3. The SMILES string of the molecule is CCN(CC)c1ccc(/C=N/NC(=O)COc2cc(C)cc(C)c2)c(O)c1. The van der Waals surface area contributed by atoms with Crippen molar-refractivity contribution < 1.29 is 14.6 Å². The molecule has 2 rings (SSSR count). The predicted molar refractivity (Wildman–Crippen MR) is 109 cm³/mol. The van der Waals surface area contributed by atoms with Gasteiger partial charge in [-0.3, -0.25) is 4.79 Å². The molecule has 6 nitrogen and oxygen atoms in total. The van der Waals surface area contributed by atoms with Gasteiger partial charge in [-0.1, -0.05) is 6.07 Å². The van der Waals surface area contributed by atoms with Crippen LogP contribution in [0.3, 0.4) is 0 Å².